The zero-order valence-electron chi connectivity index (χ0n) is 11.3. The van der Waals surface area contributed by atoms with E-state index in [0.29, 0.717) is 19.3 Å². The lowest BCUT2D eigenvalue weighted by Crippen LogP contribution is -2.32. The van der Waals surface area contributed by atoms with Gasteiger partial charge in [-0.15, -0.1) is 0 Å². The zero-order chi connectivity index (χ0) is 12.7. The van der Waals surface area contributed by atoms with Gasteiger partial charge in [-0.2, -0.15) is 0 Å². The number of benzene rings is 1. The number of rotatable bonds is 2. The van der Waals surface area contributed by atoms with Crippen LogP contribution in [0, 0.1) is 5.92 Å². The molecule has 0 aromatic heterocycles. The van der Waals surface area contributed by atoms with E-state index < -0.39 is 0 Å². The molecule has 1 fully saturated rings. The minimum Gasteiger partial charge on any atom is -0.486 e. The van der Waals surface area contributed by atoms with Crippen molar-refractivity contribution in [1.29, 1.82) is 0 Å². The van der Waals surface area contributed by atoms with Crippen molar-refractivity contribution >= 4 is 0 Å². The van der Waals surface area contributed by atoms with Gasteiger partial charge >= 0.3 is 0 Å². The first-order valence-corrected chi connectivity index (χ1v) is 7.56. The number of fused-ring (bicyclic) bond motifs is 2. The molecule has 4 rings (SSSR count). The van der Waals surface area contributed by atoms with Crippen LogP contribution in [0.2, 0.25) is 0 Å². The molecule has 0 amide bonds. The van der Waals surface area contributed by atoms with Gasteiger partial charge in [-0.05, 0) is 48.6 Å². The predicted molar refractivity (Wildman–Crippen MR) is 73.8 cm³/mol. The van der Waals surface area contributed by atoms with Crippen molar-refractivity contribution in [1.82, 2.24) is 5.32 Å². The van der Waals surface area contributed by atoms with Gasteiger partial charge in [0.15, 0.2) is 11.5 Å². The van der Waals surface area contributed by atoms with Crippen molar-refractivity contribution in [2.24, 2.45) is 5.92 Å². The molecule has 3 nitrogen and oxygen atoms in total. The third-order valence-corrected chi connectivity index (χ3v) is 4.76. The van der Waals surface area contributed by atoms with Gasteiger partial charge in [-0.25, -0.2) is 0 Å². The monoisotopic (exact) mass is 259 g/mol. The minimum absolute atomic E-state index is 0.518. The molecule has 2 heterocycles. The molecule has 2 aliphatic heterocycles. The molecule has 0 spiro atoms. The molecule has 1 aromatic carbocycles. The molecule has 3 heteroatoms. The van der Waals surface area contributed by atoms with Crippen molar-refractivity contribution in [2.75, 3.05) is 19.8 Å². The Bertz CT molecular complexity index is 482. The summed E-state index contributed by atoms with van der Waals surface area (Å²) in [4.78, 5) is 0. The molecule has 19 heavy (non-hydrogen) atoms. The Labute approximate surface area is 114 Å². The maximum Gasteiger partial charge on any atom is 0.161 e. The average Bonchev–Trinajstić information content (AvgIpc) is 2.40. The van der Waals surface area contributed by atoms with E-state index in [2.05, 4.69) is 17.4 Å². The summed E-state index contributed by atoms with van der Waals surface area (Å²) in [5, 5.41) is 3.68. The van der Waals surface area contributed by atoms with Gasteiger partial charge in [0.05, 0.1) is 0 Å². The molecular formula is C16H21NO2. The molecule has 1 atom stereocenters. The second-order valence-electron chi connectivity index (χ2n) is 5.98. The Hall–Kier alpha value is -1.22. The zero-order valence-corrected chi connectivity index (χ0v) is 11.3. The number of hydrogen-bond acceptors (Lipinski definition) is 3. The van der Waals surface area contributed by atoms with Crippen LogP contribution < -0.4 is 14.8 Å². The number of ether oxygens (including phenoxy) is 2. The molecule has 0 bridgehead atoms. The molecule has 0 radical (unpaired) electrons. The van der Waals surface area contributed by atoms with E-state index in [1.807, 2.05) is 0 Å². The summed E-state index contributed by atoms with van der Waals surface area (Å²) in [6.45, 7) is 2.44. The van der Waals surface area contributed by atoms with Gasteiger partial charge in [0.25, 0.3) is 0 Å². The van der Waals surface area contributed by atoms with Gasteiger partial charge in [-0.1, -0.05) is 19.3 Å². The molecule has 3 aliphatic rings. The smallest absolute Gasteiger partial charge is 0.161 e. The van der Waals surface area contributed by atoms with Crippen molar-refractivity contribution < 1.29 is 9.47 Å². The third kappa shape index (κ3) is 2.10. The highest BCUT2D eigenvalue weighted by molar-refractivity contribution is 5.50. The standard InChI is InChI=1S/C16H21NO2/c1-2-11(3-1)8-14-13-10-16-15(18-6-7-19-16)9-12(13)4-5-17-14/h9-11,14,17H,1-8H2. The molecule has 0 saturated heterocycles. The summed E-state index contributed by atoms with van der Waals surface area (Å²) in [6.07, 6.45) is 6.64. The van der Waals surface area contributed by atoms with Crippen LogP contribution in [-0.4, -0.2) is 19.8 Å². The van der Waals surface area contributed by atoms with E-state index in [4.69, 9.17) is 9.47 Å². The summed E-state index contributed by atoms with van der Waals surface area (Å²) in [7, 11) is 0. The van der Waals surface area contributed by atoms with Crippen molar-refractivity contribution in [2.45, 2.75) is 38.1 Å². The van der Waals surface area contributed by atoms with Crippen LogP contribution in [0.4, 0.5) is 0 Å². The highest BCUT2D eigenvalue weighted by atomic mass is 16.6. The Morgan fingerprint density at radius 1 is 1.11 bits per heavy atom. The second-order valence-corrected chi connectivity index (χ2v) is 5.98. The first-order chi connectivity index (χ1) is 9.40. The maximum absolute atomic E-state index is 5.73. The van der Waals surface area contributed by atoms with Gasteiger partial charge in [0.2, 0.25) is 0 Å². The first kappa shape index (κ1) is 11.6. The molecular weight excluding hydrogens is 238 g/mol. The van der Waals surface area contributed by atoms with Crippen molar-refractivity contribution in [3.8, 4) is 11.5 Å². The molecule has 102 valence electrons. The van der Waals surface area contributed by atoms with Gasteiger partial charge in [-0.3, -0.25) is 0 Å². The molecule has 1 unspecified atom stereocenters. The molecule has 1 aromatic rings. The SMILES string of the molecule is c1c2c(cc3c1OCCO3)C(CC1CCC1)NCC2. The fourth-order valence-corrected chi connectivity index (χ4v) is 3.45. The van der Waals surface area contributed by atoms with E-state index in [1.165, 1.54) is 36.8 Å². The van der Waals surface area contributed by atoms with Gasteiger partial charge < -0.3 is 14.8 Å². The summed E-state index contributed by atoms with van der Waals surface area (Å²) in [5.41, 5.74) is 2.90. The Morgan fingerprint density at radius 2 is 1.89 bits per heavy atom. The van der Waals surface area contributed by atoms with Crippen LogP contribution in [0.15, 0.2) is 12.1 Å². The van der Waals surface area contributed by atoms with Crippen LogP contribution in [0.1, 0.15) is 42.9 Å². The largest absolute Gasteiger partial charge is 0.486 e. The summed E-state index contributed by atoms with van der Waals surface area (Å²) < 4.78 is 11.4. The topological polar surface area (TPSA) is 30.5 Å². The molecule has 1 N–H and O–H groups in total. The molecule has 1 aliphatic carbocycles. The lowest BCUT2D eigenvalue weighted by atomic mass is 9.78. The van der Waals surface area contributed by atoms with Gasteiger partial charge in [0, 0.05) is 6.04 Å². The van der Waals surface area contributed by atoms with E-state index in [0.717, 1.165) is 30.4 Å². The van der Waals surface area contributed by atoms with Crippen molar-refractivity contribution in [3.05, 3.63) is 23.3 Å². The summed E-state index contributed by atoms with van der Waals surface area (Å²) >= 11 is 0. The fraction of sp³-hybridized carbons (Fsp3) is 0.625. The van der Waals surface area contributed by atoms with Crippen molar-refractivity contribution in [3.63, 3.8) is 0 Å². The Kier molecular flexibility index (Phi) is 2.87. The predicted octanol–water partition coefficient (Wildman–Crippen LogP) is 2.83. The Morgan fingerprint density at radius 3 is 2.63 bits per heavy atom. The minimum atomic E-state index is 0.518. The van der Waals surface area contributed by atoms with Crippen LogP contribution in [0.5, 0.6) is 11.5 Å². The van der Waals surface area contributed by atoms with E-state index in [1.54, 1.807) is 0 Å². The van der Waals surface area contributed by atoms with E-state index in [9.17, 15) is 0 Å². The quantitative estimate of drug-likeness (QED) is 0.886. The van der Waals surface area contributed by atoms with E-state index >= 15 is 0 Å². The lowest BCUT2D eigenvalue weighted by Gasteiger charge is -2.34. The third-order valence-electron chi connectivity index (χ3n) is 4.76. The van der Waals surface area contributed by atoms with Gasteiger partial charge in [0.1, 0.15) is 13.2 Å². The van der Waals surface area contributed by atoms with E-state index in [-0.39, 0.29) is 0 Å². The highest BCUT2D eigenvalue weighted by Gasteiger charge is 2.28. The number of hydrogen-bond donors (Lipinski definition) is 1. The van der Waals surface area contributed by atoms with Crippen LogP contribution in [0.25, 0.3) is 0 Å². The number of nitrogens with one attached hydrogen (secondary N) is 1. The molecule has 1 saturated carbocycles. The maximum atomic E-state index is 5.73. The lowest BCUT2D eigenvalue weighted by molar-refractivity contribution is 0.170. The first-order valence-electron chi connectivity index (χ1n) is 7.56. The normalized spacial score (nSPS) is 25.6. The summed E-state index contributed by atoms with van der Waals surface area (Å²) in [6, 6.07) is 4.95. The summed E-state index contributed by atoms with van der Waals surface area (Å²) in [5.74, 6) is 2.80. The second kappa shape index (κ2) is 4.71. The van der Waals surface area contributed by atoms with Crippen LogP contribution in [0.3, 0.4) is 0 Å². The average molecular weight is 259 g/mol. The van der Waals surface area contributed by atoms with Crippen LogP contribution >= 0.6 is 0 Å². The Balaban J connectivity index is 1.64. The van der Waals surface area contributed by atoms with Crippen LogP contribution in [-0.2, 0) is 6.42 Å². The fourth-order valence-electron chi connectivity index (χ4n) is 3.45. The highest BCUT2D eigenvalue weighted by Crippen LogP contribution is 2.41.